The Labute approximate surface area is 241 Å². The summed E-state index contributed by atoms with van der Waals surface area (Å²) in [6.07, 6.45) is 3.27. The minimum Gasteiger partial charge on any atom is -0.489 e. The standard InChI is InChI=1S/C29H34ClN5O3.ClH/c1-19(2)35-15-13-22(14-16-35)38-26-17-21(34(3)4)10-11-24(26)29(37)32-25-8-6-5-7-23(25)28(36)33-27-12-9-20(30)18-31-27;/h5-12,17-19,22H,13-16H2,1-4H3,(H,32,37)(H,31,33,36);1H. The normalized spacial score (nSPS) is 13.9. The van der Waals surface area contributed by atoms with Gasteiger partial charge in [0, 0.05) is 51.2 Å². The van der Waals surface area contributed by atoms with Crippen molar-refractivity contribution in [3.05, 3.63) is 76.9 Å². The van der Waals surface area contributed by atoms with E-state index in [2.05, 4.69) is 34.4 Å². The van der Waals surface area contributed by atoms with Crippen LogP contribution in [0.4, 0.5) is 17.2 Å². The number of carbonyl (C=O) groups is 2. The smallest absolute Gasteiger partial charge is 0.259 e. The van der Waals surface area contributed by atoms with Crippen LogP contribution in [0.15, 0.2) is 60.8 Å². The summed E-state index contributed by atoms with van der Waals surface area (Å²) in [6, 6.07) is 16.2. The number of anilines is 3. The van der Waals surface area contributed by atoms with Crippen LogP contribution in [-0.4, -0.2) is 61.0 Å². The summed E-state index contributed by atoms with van der Waals surface area (Å²) in [5, 5.41) is 6.12. The molecule has 1 saturated heterocycles. The third-order valence-corrected chi connectivity index (χ3v) is 6.84. The van der Waals surface area contributed by atoms with Gasteiger partial charge in [-0.1, -0.05) is 23.7 Å². The summed E-state index contributed by atoms with van der Waals surface area (Å²) in [6.45, 7) is 6.33. The number of benzene rings is 2. The number of aromatic nitrogens is 1. The second kappa shape index (κ2) is 13.6. The Morgan fingerprint density at radius 3 is 2.33 bits per heavy atom. The predicted molar refractivity (Wildman–Crippen MR) is 160 cm³/mol. The SMILES string of the molecule is CC(C)N1CCC(Oc2cc(N(C)C)ccc2C(=O)Nc2ccccc2C(=O)Nc2ccc(Cl)cn2)CC1.Cl. The molecule has 1 aliphatic heterocycles. The van der Waals surface area contributed by atoms with Crippen LogP contribution in [0.3, 0.4) is 0 Å². The molecule has 2 heterocycles. The molecule has 1 fully saturated rings. The molecule has 0 saturated carbocycles. The maximum atomic E-state index is 13.5. The van der Waals surface area contributed by atoms with Gasteiger partial charge >= 0.3 is 0 Å². The highest BCUT2D eigenvalue weighted by Crippen LogP contribution is 2.29. The van der Waals surface area contributed by atoms with Crippen LogP contribution in [-0.2, 0) is 0 Å². The number of para-hydroxylation sites is 1. The lowest BCUT2D eigenvalue weighted by molar-refractivity contribution is 0.0825. The van der Waals surface area contributed by atoms with Crippen molar-refractivity contribution in [2.45, 2.75) is 38.8 Å². The number of nitrogens with one attached hydrogen (secondary N) is 2. The number of carbonyl (C=O) groups excluding carboxylic acids is 2. The molecule has 0 atom stereocenters. The first-order valence-corrected chi connectivity index (χ1v) is 13.1. The van der Waals surface area contributed by atoms with Gasteiger partial charge in [-0.15, -0.1) is 12.4 Å². The summed E-state index contributed by atoms with van der Waals surface area (Å²) in [4.78, 5) is 35.0. The maximum absolute atomic E-state index is 13.5. The first-order valence-electron chi connectivity index (χ1n) is 12.8. The highest BCUT2D eigenvalue weighted by Gasteiger charge is 2.25. The molecule has 3 aromatic rings. The number of hydrogen-bond donors (Lipinski definition) is 2. The Morgan fingerprint density at radius 1 is 1.00 bits per heavy atom. The first kappa shape index (κ1) is 30.2. The second-order valence-corrected chi connectivity index (χ2v) is 10.3. The number of likely N-dealkylation sites (tertiary alicyclic amines) is 1. The van der Waals surface area contributed by atoms with Crippen LogP contribution in [0.25, 0.3) is 0 Å². The fraction of sp³-hybridized carbons (Fsp3) is 0.345. The number of piperidine rings is 1. The zero-order chi connectivity index (χ0) is 27.2. The average Bonchev–Trinajstić information content (AvgIpc) is 2.90. The van der Waals surface area contributed by atoms with E-state index in [0.717, 1.165) is 31.6 Å². The molecule has 8 nitrogen and oxygen atoms in total. The Bertz CT molecular complexity index is 1280. The Balaban J connectivity index is 0.00000420. The van der Waals surface area contributed by atoms with Crippen molar-refractivity contribution in [2.24, 2.45) is 0 Å². The van der Waals surface area contributed by atoms with Crippen molar-refractivity contribution in [1.82, 2.24) is 9.88 Å². The van der Waals surface area contributed by atoms with Gasteiger partial charge in [0.1, 0.15) is 17.7 Å². The lowest BCUT2D eigenvalue weighted by Gasteiger charge is -2.35. The zero-order valence-electron chi connectivity index (χ0n) is 22.6. The van der Waals surface area contributed by atoms with Crippen LogP contribution < -0.4 is 20.3 Å². The molecular formula is C29H35Cl2N5O3. The Morgan fingerprint density at radius 2 is 1.69 bits per heavy atom. The van der Waals surface area contributed by atoms with E-state index in [1.807, 2.05) is 31.1 Å². The molecule has 2 amide bonds. The molecule has 2 N–H and O–H groups in total. The van der Waals surface area contributed by atoms with Gasteiger partial charge < -0.3 is 25.2 Å². The van der Waals surface area contributed by atoms with Crippen LogP contribution >= 0.6 is 24.0 Å². The van der Waals surface area contributed by atoms with E-state index in [-0.39, 0.29) is 24.4 Å². The maximum Gasteiger partial charge on any atom is 0.259 e. The molecule has 0 aliphatic carbocycles. The molecule has 0 radical (unpaired) electrons. The molecule has 0 spiro atoms. The van der Waals surface area contributed by atoms with E-state index in [9.17, 15) is 9.59 Å². The van der Waals surface area contributed by atoms with Crippen molar-refractivity contribution in [3.63, 3.8) is 0 Å². The van der Waals surface area contributed by atoms with Crippen molar-refractivity contribution >= 4 is 53.0 Å². The summed E-state index contributed by atoms with van der Waals surface area (Å²) in [7, 11) is 3.90. The number of amides is 2. The van der Waals surface area contributed by atoms with Gasteiger partial charge in [-0.2, -0.15) is 0 Å². The van der Waals surface area contributed by atoms with Crippen LogP contribution in [0, 0.1) is 0 Å². The van der Waals surface area contributed by atoms with Crippen molar-refractivity contribution in [2.75, 3.05) is 42.7 Å². The fourth-order valence-electron chi connectivity index (χ4n) is 4.38. The molecule has 0 bridgehead atoms. The molecule has 2 aromatic carbocycles. The second-order valence-electron chi connectivity index (χ2n) is 9.84. The molecule has 0 unspecified atom stereocenters. The number of hydrogen-bond acceptors (Lipinski definition) is 6. The third-order valence-electron chi connectivity index (χ3n) is 6.62. The Kier molecular flexibility index (Phi) is 10.6. The lowest BCUT2D eigenvalue weighted by Crippen LogP contribution is -2.41. The predicted octanol–water partition coefficient (Wildman–Crippen LogP) is 5.98. The van der Waals surface area contributed by atoms with E-state index in [1.54, 1.807) is 42.5 Å². The number of ether oxygens (including phenoxy) is 1. The highest BCUT2D eigenvalue weighted by molar-refractivity contribution is 6.30. The van der Waals surface area contributed by atoms with E-state index in [4.69, 9.17) is 16.3 Å². The van der Waals surface area contributed by atoms with Crippen molar-refractivity contribution < 1.29 is 14.3 Å². The van der Waals surface area contributed by atoms with Crippen LogP contribution in [0.1, 0.15) is 47.4 Å². The molecule has 208 valence electrons. The van der Waals surface area contributed by atoms with Gasteiger partial charge in [-0.3, -0.25) is 9.59 Å². The molecule has 1 aliphatic rings. The quantitative estimate of drug-likeness (QED) is 0.346. The Hall–Kier alpha value is -3.33. The minimum atomic E-state index is -0.396. The van der Waals surface area contributed by atoms with E-state index in [1.165, 1.54) is 6.20 Å². The zero-order valence-corrected chi connectivity index (χ0v) is 24.2. The summed E-state index contributed by atoms with van der Waals surface area (Å²) in [5.41, 5.74) is 2.05. The molecule has 1 aromatic heterocycles. The number of nitrogens with zero attached hydrogens (tertiary/aromatic N) is 3. The number of halogens is 2. The molecule has 10 heteroatoms. The van der Waals surface area contributed by atoms with Crippen molar-refractivity contribution in [1.29, 1.82) is 0 Å². The first-order chi connectivity index (χ1) is 18.2. The van der Waals surface area contributed by atoms with E-state index in [0.29, 0.717) is 39.4 Å². The topological polar surface area (TPSA) is 86.8 Å². The minimum absolute atomic E-state index is 0. The molecule has 39 heavy (non-hydrogen) atoms. The molecular weight excluding hydrogens is 537 g/mol. The van der Waals surface area contributed by atoms with Crippen LogP contribution in [0.2, 0.25) is 5.02 Å². The highest BCUT2D eigenvalue weighted by atomic mass is 35.5. The fourth-order valence-corrected chi connectivity index (χ4v) is 4.49. The van der Waals surface area contributed by atoms with Gasteiger partial charge in [0.25, 0.3) is 11.8 Å². The van der Waals surface area contributed by atoms with Gasteiger partial charge in [-0.05, 0) is 63.1 Å². The molecule has 4 rings (SSSR count). The average molecular weight is 573 g/mol. The van der Waals surface area contributed by atoms with Gasteiger partial charge in [-0.25, -0.2) is 4.98 Å². The van der Waals surface area contributed by atoms with Gasteiger partial charge in [0.2, 0.25) is 0 Å². The van der Waals surface area contributed by atoms with Crippen LogP contribution in [0.5, 0.6) is 5.75 Å². The van der Waals surface area contributed by atoms with Gasteiger partial charge in [0.05, 0.1) is 21.8 Å². The largest absolute Gasteiger partial charge is 0.489 e. The monoisotopic (exact) mass is 571 g/mol. The summed E-state index contributed by atoms with van der Waals surface area (Å²) in [5.74, 6) is 0.143. The summed E-state index contributed by atoms with van der Waals surface area (Å²) < 4.78 is 6.42. The van der Waals surface area contributed by atoms with E-state index < -0.39 is 5.91 Å². The lowest BCUT2D eigenvalue weighted by atomic mass is 10.1. The number of rotatable bonds is 8. The number of pyridine rings is 1. The van der Waals surface area contributed by atoms with E-state index >= 15 is 0 Å². The van der Waals surface area contributed by atoms with Crippen molar-refractivity contribution in [3.8, 4) is 5.75 Å². The third kappa shape index (κ3) is 7.85. The summed E-state index contributed by atoms with van der Waals surface area (Å²) >= 11 is 5.89. The van der Waals surface area contributed by atoms with Gasteiger partial charge in [0.15, 0.2) is 0 Å².